The molecule has 2 N–H and O–H groups in total. The van der Waals surface area contributed by atoms with Crippen molar-refractivity contribution in [2.45, 2.75) is 61.2 Å². The molecule has 0 saturated carbocycles. The summed E-state index contributed by atoms with van der Waals surface area (Å²) >= 11 is 2.88. The Morgan fingerprint density at radius 2 is 1.79 bits per heavy atom. The minimum absolute atomic E-state index is 0.0864. The molecule has 110 valence electrons. The predicted molar refractivity (Wildman–Crippen MR) is 79.8 cm³/mol. The number of thioether (sulfide) groups is 2. The smallest absolute Gasteiger partial charge is 0.322 e. The normalized spacial score (nSPS) is 25.2. The Labute approximate surface area is 122 Å². The molecule has 1 fully saturated rings. The van der Waals surface area contributed by atoms with Crippen LogP contribution in [0.4, 0.5) is 0 Å². The molecule has 0 aromatic carbocycles. The molecule has 1 aliphatic rings. The topological polar surface area (TPSA) is 74.6 Å². The minimum Gasteiger partial charge on any atom is -0.481 e. The maximum absolute atomic E-state index is 11.1. The summed E-state index contributed by atoms with van der Waals surface area (Å²) in [6.07, 6.45) is 7.04. The van der Waals surface area contributed by atoms with Crippen molar-refractivity contribution in [3.63, 3.8) is 0 Å². The average molecular weight is 306 g/mol. The molecule has 0 spiro atoms. The quantitative estimate of drug-likeness (QED) is 0.450. The first-order valence-corrected chi connectivity index (χ1v) is 8.70. The molecule has 0 aromatic rings. The van der Waals surface area contributed by atoms with Crippen LogP contribution in [0.25, 0.3) is 0 Å². The van der Waals surface area contributed by atoms with Gasteiger partial charge in [-0.15, -0.1) is 23.5 Å². The minimum atomic E-state index is -1.07. The SMILES string of the molecule is CCCCCCCCSC1SC1(CC(=O)O)C(=O)O. The van der Waals surface area contributed by atoms with Crippen molar-refractivity contribution in [3.8, 4) is 0 Å². The van der Waals surface area contributed by atoms with Gasteiger partial charge in [0.05, 0.1) is 11.0 Å². The van der Waals surface area contributed by atoms with E-state index in [1.54, 1.807) is 11.8 Å². The van der Waals surface area contributed by atoms with Gasteiger partial charge >= 0.3 is 11.9 Å². The van der Waals surface area contributed by atoms with Gasteiger partial charge in [-0.3, -0.25) is 9.59 Å². The average Bonchev–Trinajstić information content (AvgIpc) is 3.02. The first-order valence-electron chi connectivity index (χ1n) is 6.77. The Hall–Kier alpha value is -0.360. The lowest BCUT2D eigenvalue weighted by Gasteiger charge is -2.06. The van der Waals surface area contributed by atoms with Gasteiger partial charge in [0.25, 0.3) is 0 Å². The number of unbranched alkanes of at least 4 members (excludes halogenated alkanes) is 5. The van der Waals surface area contributed by atoms with Crippen LogP contribution < -0.4 is 0 Å². The Balaban J connectivity index is 2.14. The van der Waals surface area contributed by atoms with Crippen molar-refractivity contribution < 1.29 is 19.8 Å². The molecule has 6 heteroatoms. The second-order valence-corrected chi connectivity index (χ2v) is 7.80. The van der Waals surface area contributed by atoms with Crippen LogP contribution in [-0.4, -0.2) is 37.2 Å². The largest absolute Gasteiger partial charge is 0.481 e. The highest BCUT2D eigenvalue weighted by Gasteiger charge is 2.63. The van der Waals surface area contributed by atoms with Crippen molar-refractivity contribution in [3.05, 3.63) is 0 Å². The molecule has 0 aromatic heterocycles. The zero-order valence-corrected chi connectivity index (χ0v) is 12.9. The molecule has 0 aliphatic carbocycles. The second kappa shape index (κ2) is 8.04. The van der Waals surface area contributed by atoms with Gasteiger partial charge in [-0.1, -0.05) is 39.0 Å². The highest BCUT2D eigenvalue weighted by atomic mass is 32.2. The van der Waals surface area contributed by atoms with Crippen molar-refractivity contribution in [2.24, 2.45) is 0 Å². The van der Waals surface area contributed by atoms with Crippen LogP contribution in [0.2, 0.25) is 0 Å². The van der Waals surface area contributed by atoms with E-state index in [1.807, 2.05) is 0 Å². The third kappa shape index (κ3) is 5.26. The van der Waals surface area contributed by atoms with Crippen molar-refractivity contribution in [1.29, 1.82) is 0 Å². The first kappa shape index (κ1) is 16.7. The van der Waals surface area contributed by atoms with E-state index in [9.17, 15) is 9.59 Å². The molecule has 4 nitrogen and oxygen atoms in total. The fraction of sp³-hybridized carbons (Fsp3) is 0.846. The highest BCUT2D eigenvalue weighted by molar-refractivity contribution is 8.25. The van der Waals surface area contributed by atoms with Gasteiger partial charge in [0, 0.05) is 0 Å². The van der Waals surface area contributed by atoms with Gasteiger partial charge in [-0.2, -0.15) is 0 Å². The van der Waals surface area contributed by atoms with Crippen LogP contribution in [0.5, 0.6) is 0 Å². The van der Waals surface area contributed by atoms with Crippen LogP contribution in [0, 0.1) is 0 Å². The monoisotopic (exact) mass is 306 g/mol. The van der Waals surface area contributed by atoms with Crippen LogP contribution in [0.3, 0.4) is 0 Å². The molecule has 0 radical (unpaired) electrons. The maximum Gasteiger partial charge on any atom is 0.322 e. The third-order valence-corrected chi connectivity index (χ3v) is 6.60. The standard InChI is InChI=1S/C13H22O4S2/c1-2-3-4-5-6-7-8-18-12-13(19-12,11(16)17)9-10(14)15/h12H,2-9H2,1H3,(H,14,15)(H,16,17). The summed E-state index contributed by atoms with van der Waals surface area (Å²) in [4.78, 5) is 21.8. The number of carboxylic acid groups (broad SMARTS) is 2. The zero-order valence-electron chi connectivity index (χ0n) is 11.3. The Morgan fingerprint density at radius 3 is 2.37 bits per heavy atom. The van der Waals surface area contributed by atoms with E-state index >= 15 is 0 Å². The number of carboxylic acids is 2. The van der Waals surface area contributed by atoms with Crippen molar-refractivity contribution in [1.82, 2.24) is 0 Å². The lowest BCUT2D eigenvalue weighted by Crippen LogP contribution is -2.28. The van der Waals surface area contributed by atoms with Crippen LogP contribution >= 0.6 is 23.5 Å². The van der Waals surface area contributed by atoms with Crippen molar-refractivity contribution >= 4 is 35.5 Å². The van der Waals surface area contributed by atoms with E-state index in [2.05, 4.69) is 6.92 Å². The molecular formula is C13H22O4S2. The second-order valence-electron chi connectivity index (χ2n) is 4.85. The molecule has 0 amide bonds. The van der Waals surface area contributed by atoms with Gasteiger partial charge in [0.2, 0.25) is 0 Å². The number of hydrogen-bond acceptors (Lipinski definition) is 4. The molecule has 19 heavy (non-hydrogen) atoms. The van der Waals surface area contributed by atoms with E-state index in [0.717, 1.165) is 12.2 Å². The number of carbonyl (C=O) groups is 2. The van der Waals surface area contributed by atoms with E-state index in [1.165, 1.54) is 43.9 Å². The molecule has 0 bridgehead atoms. The van der Waals surface area contributed by atoms with E-state index in [4.69, 9.17) is 10.2 Å². The Kier molecular flexibility index (Phi) is 7.07. The Bertz CT molecular complexity index is 322. The summed E-state index contributed by atoms with van der Waals surface area (Å²) in [6, 6.07) is 0. The molecular weight excluding hydrogens is 284 g/mol. The van der Waals surface area contributed by atoms with Gasteiger partial charge in [-0.25, -0.2) is 0 Å². The van der Waals surface area contributed by atoms with Gasteiger partial charge in [0.15, 0.2) is 0 Å². The summed E-state index contributed by atoms with van der Waals surface area (Å²) in [5, 5.41) is 17.9. The fourth-order valence-corrected chi connectivity index (χ4v) is 5.10. The summed E-state index contributed by atoms with van der Waals surface area (Å²) in [7, 11) is 0. The van der Waals surface area contributed by atoms with Crippen LogP contribution in [0.1, 0.15) is 51.9 Å². The lowest BCUT2D eigenvalue weighted by molar-refractivity contribution is -0.145. The summed E-state index contributed by atoms with van der Waals surface area (Å²) in [6.45, 7) is 2.19. The molecule has 1 rings (SSSR count). The number of hydrogen-bond donors (Lipinski definition) is 2. The molecule has 2 atom stereocenters. The van der Waals surface area contributed by atoms with Crippen LogP contribution in [0.15, 0.2) is 0 Å². The molecule has 2 unspecified atom stereocenters. The highest BCUT2D eigenvalue weighted by Crippen LogP contribution is 2.61. The Morgan fingerprint density at radius 1 is 1.16 bits per heavy atom. The van der Waals surface area contributed by atoms with Crippen LogP contribution in [-0.2, 0) is 9.59 Å². The molecule has 1 aliphatic heterocycles. The maximum atomic E-state index is 11.1. The predicted octanol–water partition coefficient (Wildman–Crippen LogP) is 3.45. The van der Waals surface area contributed by atoms with E-state index in [-0.39, 0.29) is 11.0 Å². The van der Waals surface area contributed by atoms with Crippen molar-refractivity contribution in [2.75, 3.05) is 5.75 Å². The zero-order chi connectivity index (χ0) is 14.3. The fourth-order valence-electron chi connectivity index (χ4n) is 1.97. The summed E-state index contributed by atoms with van der Waals surface area (Å²) in [5.74, 6) is -1.09. The summed E-state index contributed by atoms with van der Waals surface area (Å²) < 4.78 is -1.16. The number of rotatable bonds is 11. The first-order chi connectivity index (χ1) is 9.03. The van der Waals surface area contributed by atoms with Gasteiger partial charge < -0.3 is 10.2 Å². The van der Waals surface area contributed by atoms with Gasteiger partial charge in [0.1, 0.15) is 4.75 Å². The lowest BCUT2D eigenvalue weighted by atomic mass is 10.1. The van der Waals surface area contributed by atoms with Gasteiger partial charge in [-0.05, 0) is 12.2 Å². The number of aliphatic carboxylic acids is 2. The molecule has 1 heterocycles. The summed E-state index contributed by atoms with van der Waals surface area (Å²) in [5.41, 5.74) is 0. The molecule has 1 saturated heterocycles. The van der Waals surface area contributed by atoms with E-state index in [0.29, 0.717) is 0 Å². The van der Waals surface area contributed by atoms with E-state index < -0.39 is 16.7 Å². The third-order valence-electron chi connectivity index (χ3n) is 3.18.